The van der Waals surface area contributed by atoms with Gasteiger partial charge in [0.1, 0.15) is 0 Å². The number of hydrogen-bond acceptors (Lipinski definition) is 0. The van der Waals surface area contributed by atoms with Crippen molar-refractivity contribution in [1.29, 1.82) is 0 Å². The maximum Gasteiger partial charge on any atom is 0.0406 e. The number of hydrogen-bond donors (Lipinski definition) is 0. The second-order valence-electron chi connectivity index (χ2n) is 4.49. The first-order chi connectivity index (χ1) is 9.31. The van der Waals surface area contributed by atoms with Gasteiger partial charge in [0, 0.05) is 5.02 Å². The van der Waals surface area contributed by atoms with Crippen molar-refractivity contribution < 1.29 is 0 Å². The first-order valence-corrected chi connectivity index (χ1v) is 6.61. The molecule has 0 unspecified atom stereocenters. The Labute approximate surface area is 118 Å². The molecule has 1 heteroatoms. The molecule has 0 atom stereocenters. The largest absolute Gasteiger partial charge is 0.0843 e. The van der Waals surface area contributed by atoms with Crippen LogP contribution in [0.2, 0.25) is 5.02 Å². The zero-order valence-electron chi connectivity index (χ0n) is 10.4. The fourth-order valence-corrected chi connectivity index (χ4v) is 2.22. The van der Waals surface area contributed by atoms with Crippen LogP contribution >= 0.6 is 11.6 Å². The van der Waals surface area contributed by atoms with Gasteiger partial charge in [-0.2, -0.15) is 0 Å². The molecule has 0 radical (unpaired) electrons. The summed E-state index contributed by atoms with van der Waals surface area (Å²) in [5, 5.41) is 0.768. The molecule has 1 aliphatic carbocycles. The third-order valence-electron chi connectivity index (χ3n) is 3.11. The molecule has 0 aromatic heterocycles. The highest BCUT2D eigenvalue weighted by Crippen LogP contribution is 2.23. The molecule has 0 bridgehead atoms. The van der Waals surface area contributed by atoms with Gasteiger partial charge >= 0.3 is 0 Å². The monoisotopic (exact) mass is 264 g/mol. The molecule has 2 aromatic carbocycles. The summed E-state index contributed by atoms with van der Waals surface area (Å²) in [4.78, 5) is 0. The molecule has 0 heterocycles. The van der Waals surface area contributed by atoms with E-state index in [0.717, 1.165) is 5.02 Å². The minimum absolute atomic E-state index is 0.768. The van der Waals surface area contributed by atoms with Crippen LogP contribution in [0.1, 0.15) is 5.56 Å². The van der Waals surface area contributed by atoms with Crippen molar-refractivity contribution in [2.75, 3.05) is 0 Å². The molecule has 0 amide bonds. The van der Waals surface area contributed by atoms with Crippen LogP contribution in [0.5, 0.6) is 0 Å². The standard InChI is InChI=1S/C18H13Cl/c19-18-11-9-17(10-12-18)16-7-5-15(6-8-16)13-14-3-1-2-4-14/h1-13H. The predicted octanol–water partition coefficient (Wildman–Crippen LogP) is 5.52. The molecule has 3 rings (SSSR count). The lowest BCUT2D eigenvalue weighted by Crippen LogP contribution is -1.79. The van der Waals surface area contributed by atoms with Crippen LogP contribution < -0.4 is 0 Å². The van der Waals surface area contributed by atoms with Crippen molar-refractivity contribution in [3.8, 4) is 11.1 Å². The van der Waals surface area contributed by atoms with Crippen LogP contribution in [0.3, 0.4) is 0 Å². The molecule has 0 saturated carbocycles. The van der Waals surface area contributed by atoms with Gasteiger partial charge in [-0.15, -0.1) is 0 Å². The van der Waals surface area contributed by atoms with Gasteiger partial charge in [0.05, 0.1) is 0 Å². The Morgan fingerprint density at radius 1 is 0.684 bits per heavy atom. The minimum Gasteiger partial charge on any atom is -0.0843 e. The average Bonchev–Trinajstić information content (AvgIpc) is 2.94. The Balaban J connectivity index is 1.86. The van der Waals surface area contributed by atoms with E-state index in [-0.39, 0.29) is 0 Å². The Bertz CT molecular complexity index is 642. The van der Waals surface area contributed by atoms with Gasteiger partial charge in [0.15, 0.2) is 0 Å². The summed E-state index contributed by atoms with van der Waals surface area (Å²) >= 11 is 5.90. The Hall–Kier alpha value is -2.05. The van der Waals surface area contributed by atoms with E-state index in [0.29, 0.717) is 0 Å². The van der Waals surface area contributed by atoms with E-state index in [2.05, 4.69) is 42.5 Å². The lowest BCUT2D eigenvalue weighted by atomic mass is 10.0. The lowest BCUT2D eigenvalue weighted by Gasteiger charge is -2.03. The molecule has 0 N–H and O–H groups in total. The van der Waals surface area contributed by atoms with Gasteiger partial charge in [0.25, 0.3) is 0 Å². The SMILES string of the molecule is Clc1ccc(-c2ccc(C=C3C=CC=C3)cc2)cc1. The fraction of sp³-hybridized carbons (Fsp3) is 0. The number of benzene rings is 2. The molecule has 0 nitrogen and oxygen atoms in total. The van der Waals surface area contributed by atoms with Crippen molar-refractivity contribution in [3.05, 3.63) is 89.0 Å². The summed E-state index contributed by atoms with van der Waals surface area (Å²) in [7, 11) is 0. The molecule has 0 saturated heterocycles. The zero-order chi connectivity index (χ0) is 13.1. The number of halogens is 1. The van der Waals surface area contributed by atoms with Crippen molar-refractivity contribution in [2.45, 2.75) is 0 Å². The molecule has 2 aromatic rings. The van der Waals surface area contributed by atoms with Crippen LogP contribution in [0, 0.1) is 0 Å². The van der Waals surface area contributed by atoms with Crippen LogP contribution in [-0.4, -0.2) is 0 Å². The first-order valence-electron chi connectivity index (χ1n) is 6.24. The van der Waals surface area contributed by atoms with Crippen molar-refractivity contribution in [1.82, 2.24) is 0 Å². The molecular formula is C18H13Cl. The summed E-state index contributed by atoms with van der Waals surface area (Å²) in [5.41, 5.74) is 4.84. The van der Waals surface area contributed by atoms with E-state index < -0.39 is 0 Å². The Kier molecular flexibility index (Phi) is 3.35. The van der Waals surface area contributed by atoms with Crippen molar-refractivity contribution >= 4 is 17.7 Å². The highest BCUT2D eigenvalue weighted by atomic mass is 35.5. The van der Waals surface area contributed by atoms with E-state index in [1.54, 1.807) is 0 Å². The third kappa shape index (κ3) is 2.86. The summed E-state index contributed by atoms with van der Waals surface area (Å²) in [6.07, 6.45) is 10.5. The molecule has 0 fully saturated rings. The average molecular weight is 265 g/mol. The van der Waals surface area contributed by atoms with Gasteiger partial charge < -0.3 is 0 Å². The quantitative estimate of drug-likeness (QED) is 0.670. The Morgan fingerprint density at radius 3 is 1.79 bits per heavy atom. The van der Waals surface area contributed by atoms with Crippen LogP contribution in [0.4, 0.5) is 0 Å². The molecule has 0 spiro atoms. The summed E-state index contributed by atoms with van der Waals surface area (Å²) < 4.78 is 0. The fourth-order valence-electron chi connectivity index (χ4n) is 2.09. The third-order valence-corrected chi connectivity index (χ3v) is 3.36. The van der Waals surface area contributed by atoms with Gasteiger partial charge in [-0.05, 0) is 40.5 Å². The van der Waals surface area contributed by atoms with E-state index in [4.69, 9.17) is 11.6 Å². The van der Waals surface area contributed by atoms with Crippen molar-refractivity contribution in [3.63, 3.8) is 0 Å². The number of allylic oxidation sites excluding steroid dienone is 5. The first kappa shape index (κ1) is 12.0. The molecule has 92 valence electrons. The highest BCUT2D eigenvalue weighted by Gasteiger charge is 1.98. The van der Waals surface area contributed by atoms with Crippen molar-refractivity contribution in [2.24, 2.45) is 0 Å². The Morgan fingerprint density at radius 2 is 1.21 bits per heavy atom. The molecular weight excluding hydrogens is 252 g/mol. The second-order valence-corrected chi connectivity index (χ2v) is 4.93. The maximum atomic E-state index is 5.90. The maximum absolute atomic E-state index is 5.90. The topological polar surface area (TPSA) is 0 Å². The van der Waals surface area contributed by atoms with Gasteiger partial charge in [-0.3, -0.25) is 0 Å². The van der Waals surface area contributed by atoms with Gasteiger partial charge in [0.2, 0.25) is 0 Å². The molecule has 1 aliphatic rings. The van der Waals surface area contributed by atoms with Crippen LogP contribution in [0.15, 0.2) is 78.4 Å². The van der Waals surface area contributed by atoms with Crippen LogP contribution in [-0.2, 0) is 0 Å². The number of rotatable bonds is 2. The van der Waals surface area contributed by atoms with E-state index >= 15 is 0 Å². The second kappa shape index (κ2) is 5.29. The zero-order valence-corrected chi connectivity index (χ0v) is 11.1. The minimum atomic E-state index is 0.768. The summed E-state index contributed by atoms with van der Waals surface area (Å²) in [6, 6.07) is 16.5. The van der Waals surface area contributed by atoms with Crippen LogP contribution in [0.25, 0.3) is 17.2 Å². The summed E-state index contributed by atoms with van der Waals surface area (Å²) in [6.45, 7) is 0. The van der Waals surface area contributed by atoms with E-state index in [1.165, 1.54) is 22.3 Å². The molecule has 19 heavy (non-hydrogen) atoms. The lowest BCUT2D eigenvalue weighted by molar-refractivity contribution is 1.59. The van der Waals surface area contributed by atoms with Gasteiger partial charge in [-0.25, -0.2) is 0 Å². The smallest absolute Gasteiger partial charge is 0.0406 e. The summed E-state index contributed by atoms with van der Waals surface area (Å²) in [5.74, 6) is 0. The normalized spacial score (nSPS) is 13.0. The van der Waals surface area contributed by atoms with E-state index in [9.17, 15) is 0 Å². The van der Waals surface area contributed by atoms with Gasteiger partial charge in [-0.1, -0.05) is 72.3 Å². The highest BCUT2D eigenvalue weighted by molar-refractivity contribution is 6.30. The predicted molar refractivity (Wildman–Crippen MR) is 83.1 cm³/mol. The molecule has 0 aliphatic heterocycles. The van der Waals surface area contributed by atoms with E-state index in [1.807, 2.05) is 36.4 Å².